The Kier molecular flexibility index (Phi) is 3.10. The van der Waals surface area contributed by atoms with Gasteiger partial charge in [-0.05, 0) is 29.7 Å². The predicted molar refractivity (Wildman–Crippen MR) is 61.6 cm³/mol. The first kappa shape index (κ1) is 11.6. The van der Waals surface area contributed by atoms with E-state index in [-0.39, 0.29) is 18.0 Å². The van der Waals surface area contributed by atoms with Crippen molar-refractivity contribution in [1.29, 1.82) is 0 Å². The van der Waals surface area contributed by atoms with E-state index in [1.165, 1.54) is 0 Å². The van der Waals surface area contributed by atoms with Crippen LogP contribution in [-0.2, 0) is 17.8 Å². The van der Waals surface area contributed by atoms with Gasteiger partial charge in [0.15, 0.2) is 0 Å². The number of hydrogen-bond donors (Lipinski definition) is 2. The van der Waals surface area contributed by atoms with E-state index in [1.807, 2.05) is 11.0 Å². The molecule has 0 atom stereocenters. The smallest absolute Gasteiger partial charge is 0.335 e. The van der Waals surface area contributed by atoms with Gasteiger partial charge in [0, 0.05) is 13.1 Å². The fourth-order valence-electron chi connectivity index (χ4n) is 2.10. The van der Waals surface area contributed by atoms with Crippen LogP contribution >= 0.6 is 0 Å². The van der Waals surface area contributed by atoms with Gasteiger partial charge in [-0.15, -0.1) is 0 Å². The molecular formula is C12H14N2O3. The Balaban J connectivity index is 2.20. The first-order valence-corrected chi connectivity index (χ1v) is 5.42. The molecule has 0 spiro atoms. The number of carboxylic acid groups (broad SMARTS) is 1. The number of carboxylic acids is 1. The molecule has 1 heterocycles. The van der Waals surface area contributed by atoms with E-state index in [9.17, 15) is 9.59 Å². The molecule has 5 nitrogen and oxygen atoms in total. The number of carbonyl (C=O) groups is 2. The van der Waals surface area contributed by atoms with E-state index in [0.717, 1.165) is 24.1 Å². The lowest BCUT2D eigenvalue weighted by atomic mass is 9.97. The Morgan fingerprint density at radius 3 is 2.76 bits per heavy atom. The van der Waals surface area contributed by atoms with Crippen LogP contribution in [0.25, 0.3) is 0 Å². The lowest BCUT2D eigenvalue weighted by Crippen LogP contribution is -2.37. The second-order valence-electron chi connectivity index (χ2n) is 4.22. The van der Waals surface area contributed by atoms with Gasteiger partial charge < -0.3 is 10.8 Å². The zero-order valence-corrected chi connectivity index (χ0v) is 9.35. The largest absolute Gasteiger partial charge is 0.478 e. The van der Waals surface area contributed by atoms with Crippen LogP contribution in [0.5, 0.6) is 0 Å². The summed E-state index contributed by atoms with van der Waals surface area (Å²) in [5.41, 5.74) is 7.55. The molecule has 0 saturated carbocycles. The number of hydrogen-bond acceptors (Lipinski definition) is 3. The van der Waals surface area contributed by atoms with Crippen LogP contribution in [0, 0.1) is 0 Å². The number of aromatic carboxylic acids is 1. The van der Waals surface area contributed by atoms with Gasteiger partial charge >= 0.3 is 5.97 Å². The highest BCUT2D eigenvalue weighted by Crippen LogP contribution is 2.20. The summed E-state index contributed by atoms with van der Waals surface area (Å²) in [6.45, 7) is 1.58. The van der Waals surface area contributed by atoms with Gasteiger partial charge in [-0.3, -0.25) is 9.69 Å². The quantitative estimate of drug-likeness (QED) is 0.784. The zero-order chi connectivity index (χ0) is 12.4. The lowest BCUT2D eigenvalue weighted by molar-refractivity contribution is -0.119. The van der Waals surface area contributed by atoms with Gasteiger partial charge in [0.25, 0.3) is 0 Å². The summed E-state index contributed by atoms with van der Waals surface area (Å²) in [5, 5.41) is 8.91. The molecule has 0 aliphatic carbocycles. The third-order valence-corrected chi connectivity index (χ3v) is 2.92. The van der Waals surface area contributed by atoms with Crippen LogP contribution < -0.4 is 5.73 Å². The highest BCUT2D eigenvalue weighted by atomic mass is 16.4. The van der Waals surface area contributed by atoms with Crippen molar-refractivity contribution in [2.24, 2.45) is 5.73 Å². The minimum atomic E-state index is -0.931. The molecule has 0 unspecified atom stereocenters. The van der Waals surface area contributed by atoms with Gasteiger partial charge in [0.05, 0.1) is 12.1 Å². The molecule has 1 aromatic carbocycles. The average molecular weight is 234 g/mol. The van der Waals surface area contributed by atoms with Crippen molar-refractivity contribution in [3.8, 4) is 0 Å². The van der Waals surface area contributed by atoms with Crippen molar-refractivity contribution in [2.45, 2.75) is 13.0 Å². The third-order valence-electron chi connectivity index (χ3n) is 2.92. The molecule has 1 aliphatic heterocycles. The minimum absolute atomic E-state index is 0.219. The summed E-state index contributed by atoms with van der Waals surface area (Å²) < 4.78 is 0. The second kappa shape index (κ2) is 4.55. The number of benzene rings is 1. The van der Waals surface area contributed by atoms with E-state index < -0.39 is 5.97 Å². The fraction of sp³-hybridized carbons (Fsp3) is 0.333. The molecule has 0 radical (unpaired) electrons. The van der Waals surface area contributed by atoms with E-state index in [0.29, 0.717) is 6.54 Å². The van der Waals surface area contributed by atoms with Crippen LogP contribution in [0.4, 0.5) is 0 Å². The Morgan fingerprint density at radius 1 is 1.35 bits per heavy atom. The van der Waals surface area contributed by atoms with Gasteiger partial charge in [0.1, 0.15) is 0 Å². The van der Waals surface area contributed by atoms with Crippen molar-refractivity contribution >= 4 is 11.9 Å². The third kappa shape index (κ3) is 2.62. The normalized spacial score (nSPS) is 15.3. The molecule has 0 saturated heterocycles. The average Bonchev–Trinajstić information content (AvgIpc) is 2.27. The summed E-state index contributed by atoms with van der Waals surface area (Å²) >= 11 is 0. The van der Waals surface area contributed by atoms with Crippen molar-refractivity contribution in [1.82, 2.24) is 4.90 Å². The number of nitrogens with zero attached hydrogens (tertiary/aromatic N) is 1. The highest BCUT2D eigenvalue weighted by molar-refractivity contribution is 5.88. The van der Waals surface area contributed by atoms with Crippen LogP contribution in [-0.4, -0.2) is 35.0 Å². The number of fused-ring (bicyclic) bond motifs is 1. The SMILES string of the molecule is NC(=O)CN1CCc2ccc(C(=O)O)cc2C1. The second-order valence-corrected chi connectivity index (χ2v) is 4.22. The molecule has 5 heteroatoms. The molecule has 1 aromatic rings. The first-order chi connectivity index (χ1) is 8.06. The fourth-order valence-corrected chi connectivity index (χ4v) is 2.10. The summed E-state index contributed by atoms with van der Waals surface area (Å²) in [5.74, 6) is -1.29. The first-order valence-electron chi connectivity index (χ1n) is 5.42. The van der Waals surface area contributed by atoms with Gasteiger partial charge in [0.2, 0.25) is 5.91 Å². The van der Waals surface area contributed by atoms with E-state index in [4.69, 9.17) is 10.8 Å². The number of primary amides is 1. The zero-order valence-electron chi connectivity index (χ0n) is 9.35. The molecule has 0 aromatic heterocycles. The summed E-state index contributed by atoms with van der Waals surface area (Å²) in [7, 11) is 0. The van der Waals surface area contributed by atoms with Crippen LogP contribution in [0.1, 0.15) is 21.5 Å². The molecule has 17 heavy (non-hydrogen) atoms. The summed E-state index contributed by atoms with van der Waals surface area (Å²) in [4.78, 5) is 23.6. The van der Waals surface area contributed by atoms with Crippen LogP contribution in [0.3, 0.4) is 0 Å². The van der Waals surface area contributed by atoms with E-state index in [2.05, 4.69) is 0 Å². The number of carbonyl (C=O) groups excluding carboxylic acids is 1. The van der Waals surface area contributed by atoms with Crippen molar-refractivity contribution < 1.29 is 14.7 Å². The Hall–Kier alpha value is -1.88. The van der Waals surface area contributed by atoms with Crippen molar-refractivity contribution in [2.75, 3.05) is 13.1 Å². The molecule has 3 N–H and O–H groups in total. The summed E-state index contributed by atoms with van der Waals surface area (Å²) in [6, 6.07) is 5.14. The Bertz CT molecular complexity index is 471. The monoisotopic (exact) mass is 234 g/mol. The molecule has 1 amide bonds. The highest BCUT2D eigenvalue weighted by Gasteiger charge is 2.18. The predicted octanol–water partition coefficient (Wildman–Crippen LogP) is 0.228. The lowest BCUT2D eigenvalue weighted by Gasteiger charge is -2.27. The van der Waals surface area contributed by atoms with E-state index in [1.54, 1.807) is 12.1 Å². The number of amides is 1. The molecule has 2 rings (SSSR count). The van der Waals surface area contributed by atoms with Crippen molar-refractivity contribution in [3.05, 3.63) is 34.9 Å². The van der Waals surface area contributed by atoms with Crippen molar-refractivity contribution in [3.63, 3.8) is 0 Å². The number of nitrogens with two attached hydrogens (primary N) is 1. The Labute approximate surface area is 98.8 Å². The molecule has 1 aliphatic rings. The Morgan fingerprint density at radius 2 is 2.12 bits per heavy atom. The maximum atomic E-state index is 10.9. The summed E-state index contributed by atoms with van der Waals surface area (Å²) in [6.07, 6.45) is 0.822. The minimum Gasteiger partial charge on any atom is -0.478 e. The number of rotatable bonds is 3. The maximum absolute atomic E-state index is 10.9. The van der Waals surface area contributed by atoms with Crippen LogP contribution in [0.2, 0.25) is 0 Å². The van der Waals surface area contributed by atoms with Crippen LogP contribution in [0.15, 0.2) is 18.2 Å². The van der Waals surface area contributed by atoms with Gasteiger partial charge in [-0.1, -0.05) is 6.07 Å². The topological polar surface area (TPSA) is 83.6 Å². The molecule has 90 valence electrons. The molecule has 0 bridgehead atoms. The standard InChI is InChI=1S/C12H14N2O3/c13-11(15)7-14-4-3-8-1-2-9(12(16)17)5-10(8)6-14/h1-2,5H,3-4,6-7H2,(H2,13,15)(H,16,17). The molecular weight excluding hydrogens is 220 g/mol. The molecule has 0 fully saturated rings. The van der Waals surface area contributed by atoms with Gasteiger partial charge in [-0.2, -0.15) is 0 Å². The van der Waals surface area contributed by atoms with E-state index >= 15 is 0 Å². The van der Waals surface area contributed by atoms with Gasteiger partial charge in [-0.25, -0.2) is 4.79 Å². The maximum Gasteiger partial charge on any atom is 0.335 e.